The van der Waals surface area contributed by atoms with Crippen molar-refractivity contribution in [3.05, 3.63) is 72.1 Å². The molecule has 0 unspecified atom stereocenters. The number of hydrogen-bond acceptors (Lipinski definition) is 6. The van der Waals surface area contributed by atoms with Crippen LogP contribution < -0.4 is 15.1 Å². The molecule has 1 aromatic heterocycles. The first-order valence-corrected chi connectivity index (χ1v) is 9.87. The van der Waals surface area contributed by atoms with E-state index < -0.39 is 0 Å². The van der Waals surface area contributed by atoms with E-state index in [0.717, 1.165) is 49.3 Å². The maximum absolute atomic E-state index is 11.6. The van der Waals surface area contributed by atoms with Crippen LogP contribution in [0.5, 0.6) is 0 Å². The van der Waals surface area contributed by atoms with E-state index in [4.69, 9.17) is 0 Å². The number of nitrogens with one attached hydrogen (secondary N) is 1. The molecule has 0 spiro atoms. The number of benzene rings is 2. The minimum atomic E-state index is 0.0458. The first-order valence-electron chi connectivity index (χ1n) is 9.87. The number of nitrogens with zero attached hydrogens (tertiary/aromatic N) is 4. The Balaban J connectivity index is 1.48. The highest BCUT2D eigenvalue weighted by molar-refractivity contribution is 5.95. The first kappa shape index (κ1) is 18.9. The highest BCUT2D eigenvalue weighted by atomic mass is 16.1. The molecule has 4 rings (SSSR count). The lowest BCUT2D eigenvalue weighted by Crippen LogP contribution is -2.46. The summed E-state index contributed by atoms with van der Waals surface area (Å²) in [6.45, 7) is 7.20. The molecule has 0 radical (unpaired) electrons. The number of para-hydroxylation sites is 1. The van der Waals surface area contributed by atoms with Crippen LogP contribution in [-0.4, -0.2) is 41.9 Å². The summed E-state index contributed by atoms with van der Waals surface area (Å²) < 4.78 is 0. The summed E-state index contributed by atoms with van der Waals surface area (Å²) in [5, 5.41) is 3.31. The Kier molecular flexibility index (Phi) is 5.42. The van der Waals surface area contributed by atoms with Gasteiger partial charge in [-0.05, 0) is 38.1 Å². The lowest BCUT2D eigenvalue weighted by Gasteiger charge is -2.36. The van der Waals surface area contributed by atoms with Gasteiger partial charge < -0.3 is 15.1 Å². The van der Waals surface area contributed by atoms with Gasteiger partial charge in [0.2, 0.25) is 0 Å². The van der Waals surface area contributed by atoms with Crippen molar-refractivity contribution in [2.24, 2.45) is 0 Å². The summed E-state index contributed by atoms with van der Waals surface area (Å²) in [6.07, 6.45) is 0. The van der Waals surface area contributed by atoms with Crippen molar-refractivity contribution in [2.75, 3.05) is 41.3 Å². The van der Waals surface area contributed by atoms with Crippen LogP contribution in [0.1, 0.15) is 23.1 Å². The van der Waals surface area contributed by atoms with Crippen molar-refractivity contribution in [3.8, 4) is 0 Å². The molecular formula is C23H25N5O. The summed E-state index contributed by atoms with van der Waals surface area (Å²) >= 11 is 0. The van der Waals surface area contributed by atoms with Crippen LogP contribution in [-0.2, 0) is 0 Å². The minimum Gasteiger partial charge on any atom is -0.368 e. The molecule has 6 nitrogen and oxygen atoms in total. The lowest BCUT2D eigenvalue weighted by molar-refractivity contribution is 0.101. The number of aromatic nitrogens is 2. The zero-order valence-corrected chi connectivity index (χ0v) is 16.8. The number of piperazine rings is 1. The highest BCUT2D eigenvalue weighted by Crippen LogP contribution is 2.23. The standard InChI is InChI=1S/C23H25N5O/c1-17(29)19-7-6-8-20(15-19)26-22-16-23(25-18(2)24-22)28-13-11-27(12-14-28)21-9-4-3-5-10-21/h3-10,15-16H,11-14H2,1-2H3,(H,24,25,26). The molecule has 3 aromatic rings. The van der Waals surface area contributed by atoms with Crippen LogP contribution in [0.2, 0.25) is 0 Å². The maximum atomic E-state index is 11.6. The summed E-state index contributed by atoms with van der Waals surface area (Å²) in [5.41, 5.74) is 2.78. The van der Waals surface area contributed by atoms with Gasteiger partial charge in [-0.25, -0.2) is 9.97 Å². The molecule has 2 heterocycles. The number of rotatable bonds is 5. The van der Waals surface area contributed by atoms with Crippen molar-refractivity contribution in [3.63, 3.8) is 0 Å². The summed E-state index contributed by atoms with van der Waals surface area (Å²) in [4.78, 5) is 25.5. The van der Waals surface area contributed by atoms with Gasteiger partial charge in [0.15, 0.2) is 5.78 Å². The molecule has 148 valence electrons. The molecule has 0 amide bonds. The van der Waals surface area contributed by atoms with Crippen LogP contribution in [0, 0.1) is 6.92 Å². The molecular weight excluding hydrogens is 362 g/mol. The molecule has 1 fully saturated rings. The normalized spacial score (nSPS) is 14.0. The third-order valence-electron chi connectivity index (χ3n) is 5.09. The molecule has 0 atom stereocenters. The maximum Gasteiger partial charge on any atom is 0.159 e. The van der Waals surface area contributed by atoms with Gasteiger partial charge in [0.1, 0.15) is 17.5 Å². The van der Waals surface area contributed by atoms with Crippen molar-refractivity contribution < 1.29 is 4.79 Å². The molecule has 2 aromatic carbocycles. The second-order valence-corrected chi connectivity index (χ2v) is 7.23. The molecule has 1 N–H and O–H groups in total. The van der Waals surface area contributed by atoms with E-state index in [9.17, 15) is 4.79 Å². The number of carbonyl (C=O) groups excluding carboxylic acids is 1. The van der Waals surface area contributed by atoms with Gasteiger partial charge in [-0.15, -0.1) is 0 Å². The molecule has 0 saturated carbocycles. The number of carbonyl (C=O) groups is 1. The zero-order valence-electron chi connectivity index (χ0n) is 16.8. The Hall–Kier alpha value is -3.41. The summed E-state index contributed by atoms with van der Waals surface area (Å²) in [7, 11) is 0. The van der Waals surface area contributed by atoms with E-state index in [1.54, 1.807) is 6.92 Å². The Morgan fingerprint density at radius 1 is 0.897 bits per heavy atom. The van der Waals surface area contributed by atoms with Crippen LogP contribution in [0.25, 0.3) is 0 Å². The highest BCUT2D eigenvalue weighted by Gasteiger charge is 2.19. The van der Waals surface area contributed by atoms with Crippen molar-refractivity contribution in [2.45, 2.75) is 13.8 Å². The number of ketones is 1. The van der Waals surface area contributed by atoms with E-state index in [1.165, 1.54) is 5.69 Å². The monoisotopic (exact) mass is 387 g/mol. The third kappa shape index (κ3) is 4.54. The largest absolute Gasteiger partial charge is 0.368 e. The van der Waals surface area contributed by atoms with Gasteiger partial charge in [0.25, 0.3) is 0 Å². The second kappa shape index (κ2) is 8.31. The van der Waals surface area contributed by atoms with Crippen LogP contribution in [0.4, 0.5) is 23.0 Å². The molecule has 0 aliphatic carbocycles. The van der Waals surface area contributed by atoms with Crippen molar-refractivity contribution in [1.82, 2.24) is 9.97 Å². The molecule has 1 aliphatic heterocycles. The fourth-order valence-corrected chi connectivity index (χ4v) is 3.57. The van der Waals surface area contributed by atoms with Crippen LogP contribution >= 0.6 is 0 Å². The predicted molar refractivity (Wildman–Crippen MR) is 117 cm³/mol. The fourth-order valence-electron chi connectivity index (χ4n) is 3.57. The van der Waals surface area contributed by atoms with E-state index in [0.29, 0.717) is 5.56 Å². The number of Topliss-reactive ketones (excluding diaryl/α,β-unsaturated/α-hetero) is 1. The number of anilines is 4. The van der Waals surface area contributed by atoms with Gasteiger partial charge in [-0.1, -0.05) is 30.3 Å². The predicted octanol–water partition coefficient (Wildman–Crippen LogP) is 4.06. The molecule has 0 bridgehead atoms. The Morgan fingerprint density at radius 3 is 2.34 bits per heavy atom. The lowest BCUT2D eigenvalue weighted by atomic mass is 10.1. The van der Waals surface area contributed by atoms with Gasteiger partial charge in [-0.2, -0.15) is 0 Å². The SMILES string of the molecule is CC(=O)c1cccc(Nc2cc(N3CCN(c4ccccc4)CC3)nc(C)n2)c1. The first-order chi connectivity index (χ1) is 14.1. The number of aryl methyl sites for hydroxylation is 1. The average molecular weight is 387 g/mol. The molecule has 1 aliphatic rings. The van der Waals surface area contributed by atoms with Crippen LogP contribution in [0.15, 0.2) is 60.7 Å². The van der Waals surface area contributed by atoms with Crippen LogP contribution in [0.3, 0.4) is 0 Å². The van der Waals surface area contributed by atoms with E-state index in [-0.39, 0.29) is 5.78 Å². The molecule has 6 heteroatoms. The smallest absolute Gasteiger partial charge is 0.159 e. The number of hydrogen-bond donors (Lipinski definition) is 1. The van der Waals surface area contributed by atoms with E-state index in [1.807, 2.05) is 43.3 Å². The third-order valence-corrected chi connectivity index (χ3v) is 5.09. The Labute approximate surface area is 171 Å². The van der Waals surface area contributed by atoms with E-state index >= 15 is 0 Å². The topological polar surface area (TPSA) is 61.4 Å². The second-order valence-electron chi connectivity index (χ2n) is 7.23. The van der Waals surface area contributed by atoms with Gasteiger partial charge >= 0.3 is 0 Å². The van der Waals surface area contributed by atoms with Gasteiger partial charge in [0, 0.05) is 49.2 Å². The quantitative estimate of drug-likeness (QED) is 0.666. The minimum absolute atomic E-state index is 0.0458. The summed E-state index contributed by atoms with van der Waals surface area (Å²) in [5.74, 6) is 2.43. The van der Waals surface area contributed by atoms with Crippen molar-refractivity contribution >= 4 is 28.8 Å². The van der Waals surface area contributed by atoms with Gasteiger partial charge in [-0.3, -0.25) is 4.79 Å². The molecule has 1 saturated heterocycles. The molecule has 29 heavy (non-hydrogen) atoms. The average Bonchev–Trinajstić information content (AvgIpc) is 2.74. The Morgan fingerprint density at radius 2 is 1.62 bits per heavy atom. The summed E-state index contributed by atoms with van der Waals surface area (Å²) in [6, 6.07) is 20.0. The van der Waals surface area contributed by atoms with Gasteiger partial charge in [0.05, 0.1) is 0 Å². The Bertz CT molecular complexity index is 997. The van der Waals surface area contributed by atoms with E-state index in [2.05, 4.69) is 49.4 Å². The van der Waals surface area contributed by atoms with Crippen molar-refractivity contribution in [1.29, 1.82) is 0 Å². The zero-order chi connectivity index (χ0) is 20.2. The fraction of sp³-hybridized carbons (Fsp3) is 0.261.